The lowest BCUT2D eigenvalue weighted by molar-refractivity contribution is 0.101. The van der Waals surface area contributed by atoms with Gasteiger partial charge in [0.1, 0.15) is 4.90 Å². The highest BCUT2D eigenvalue weighted by atomic mass is 32.2. The lowest BCUT2D eigenvalue weighted by atomic mass is 10.1. The minimum Gasteiger partial charge on any atom is -0.268 e. The molecule has 0 aliphatic carbocycles. The van der Waals surface area contributed by atoms with Crippen LogP contribution in [-0.4, -0.2) is 14.3 Å². The van der Waals surface area contributed by atoms with Gasteiger partial charge in [0, 0.05) is 5.39 Å². The molecule has 0 saturated carbocycles. The molecule has 0 radical (unpaired) electrons. The Morgan fingerprint density at radius 2 is 1.45 bits per heavy atom. The largest absolute Gasteiger partial charge is 0.273 e. The predicted molar refractivity (Wildman–Crippen MR) is 84.4 cm³/mol. The van der Waals surface area contributed by atoms with E-state index in [1.807, 2.05) is 30.3 Å². The van der Waals surface area contributed by atoms with Gasteiger partial charge in [-0.2, -0.15) is 4.31 Å². The van der Waals surface area contributed by atoms with Crippen LogP contribution in [0.1, 0.15) is 10.4 Å². The van der Waals surface area contributed by atoms with Gasteiger partial charge in [-0.1, -0.05) is 48.5 Å². The summed E-state index contributed by atoms with van der Waals surface area (Å²) in [5, 5.41) is 1.62. The van der Waals surface area contributed by atoms with Crippen LogP contribution >= 0.6 is 0 Å². The number of sulfonamides is 1. The predicted octanol–water partition coefficient (Wildman–Crippen LogP) is 3.19. The third kappa shape index (κ3) is 1.63. The van der Waals surface area contributed by atoms with Crippen molar-refractivity contribution in [3.63, 3.8) is 0 Å². The van der Waals surface area contributed by atoms with Gasteiger partial charge in [-0.3, -0.25) is 4.79 Å². The number of hydrogen-bond donors (Lipinski definition) is 0. The standard InChI is InChI=1S/C17H11NO3S/c19-17-14-9-3-4-11-16(14)22(20,21)18(17)15-10-5-7-12-6-1-2-8-13(12)15/h1-11H. The molecule has 0 fully saturated rings. The smallest absolute Gasteiger partial charge is 0.268 e. The summed E-state index contributed by atoms with van der Waals surface area (Å²) in [4.78, 5) is 12.7. The second-order valence-electron chi connectivity index (χ2n) is 5.07. The highest BCUT2D eigenvalue weighted by Gasteiger charge is 2.42. The van der Waals surface area contributed by atoms with Crippen LogP contribution < -0.4 is 4.31 Å². The molecule has 1 heterocycles. The minimum absolute atomic E-state index is 0.0629. The highest BCUT2D eigenvalue weighted by Crippen LogP contribution is 2.37. The number of amides is 1. The first-order chi connectivity index (χ1) is 10.6. The summed E-state index contributed by atoms with van der Waals surface area (Å²) >= 11 is 0. The van der Waals surface area contributed by atoms with Crippen molar-refractivity contribution >= 4 is 32.4 Å². The SMILES string of the molecule is O=C1c2ccccc2S(=O)(=O)N1c1cccc2ccccc12. The fraction of sp³-hybridized carbons (Fsp3) is 0. The molecule has 3 aromatic rings. The molecule has 1 aliphatic rings. The molecule has 0 N–H and O–H groups in total. The Morgan fingerprint density at radius 3 is 2.27 bits per heavy atom. The van der Waals surface area contributed by atoms with Gasteiger partial charge in [0.15, 0.2) is 0 Å². The number of fused-ring (bicyclic) bond motifs is 2. The van der Waals surface area contributed by atoms with Crippen LogP contribution in [0.3, 0.4) is 0 Å². The Balaban J connectivity index is 2.03. The van der Waals surface area contributed by atoms with E-state index < -0.39 is 15.9 Å². The molecule has 0 unspecified atom stereocenters. The third-order valence-corrected chi connectivity index (χ3v) is 5.56. The van der Waals surface area contributed by atoms with Gasteiger partial charge < -0.3 is 0 Å². The van der Waals surface area contributed by atoms with Crippen LogP contribution in [0.5, 0.6) is 0 Å². The van der Waals surface area contributed by atoms with Crippen LogP contribution in [0.15, 0.2) is 71.6 Å². The topological polar surface area (TPSA) is 54.5 Å². The summed E-state index contributed by atoms with van der Waals surface area (Å²) in [6.45, 7) is 0. The van der Waals surface area contributed by atoms with Gasteiger partial charge in [0.05, 0.1) is 11.3 Å². The van der Waals surface area contributed by atoms with Gasteiger partial charge in [-0.25, -0.2) is 8.42 Å². The Morgan fingerprint density at radius 1 is 0.773 bits per heavy atom. The average molecular weight is 309 g/mol. The molecule has 1 amide bonds. The number of carbonyl (C=O) groups excluding carboxylic acids is 1. The maximum Gasteiger partial charge on any atom is 0.273 e. The van der Waals surface area contributed by atoms with E-state index in [2.05, 4.69) is 0 Å². The molecule has 0 aromatic heterocycles. The fourth-order valence-electron chi connectivity index (χ4n) is 2.81. The quantitative estimate of drug-likeness (QED) is 0.693. The van der Waals surface area contributed by atoms with Crippen molar-refractivity contribution in [2.75, 3.05) is 4.31 Å². The van der Waals surface area contributed by atoms with Crippen molar-refractivity contribution in [2.45, 2.75) is 4.90 Å². The molecule has 4 rings (SSSR count). The molecule has 4 nitrogen and oxygen atoms in total. The zero-order chi connectivity index (χ0) is 15.3. The molecule has 1 aliphatic heterocycles. The summed E-state index contributed by atoms with van der Waals surface area (Å²) in [6, 6.07) is 19.0. The lowest BCUT2D eigenvalue weighted by Gasteiger charge is -2.17. The molecular formula is C17H11NO3S. The van der Waals surface area contributed by atoms with Crippen LogP contribution in [0.2, 0.25) is 0 Å². The fourth-order valence-corrected chi connectivity index (χ4v) is 4.42. The Kier molecular flexibility index (Phi) is 2.62. The monoisotopic (exact) mass is 309 g/mol. The number of benzene rings is 3. The molecule has 0 spiro atoms. The van der Waals surface area contributed by atoms with Crippen LogP contribution in [-0.2, 0) is 10.0 Å². The summed E-state index contributed by atoms with van der Waals surface area (Å²) in [6.07, 6.45) is 0. The summed E-state index contributed by atoms with van der Waals surface area (Å²) in [5.41, 5.74) is 0.606. The summed E-state index contributed by atoms with van der Waals surface area (Å²) in [7, 11) is -3.86. The Bertz CT molecular complexity index is 1020. The van der Waals surface area contributed by atoms with Crippen LogP contribution in [0.25, 0.3) is 10.8 Å². The van der Waals surface area contributed by atoms with E-state index in [1.165, 1.54) is 6.07 Å². The van der Waals surface area contributed by atoms with Gasteiger partial charge in [0.2, 0.25) is 0 Å². The first-order valence-corrected chi connectivity index (χ1v) is 8.21. The van der Waals surface area contributed by atoms with Crippen molar-refractivity contribution in [2.24, 2.45) is 0 Å². The second-order valence-corrected chi connectivity index (χ2v) is 6.82. The van der Waals surface area contributed by atoms with Gasteiger partial charge in [-0.15, -0.1) is 0 Å². The summed E-state index contributed by atoms with van der Waals surface area (Å²) < 4.78 is 26.4. The van der Waals surface area contributed by atoms with E-state index >= 15 is 0 Å². The lowest BCUT2D eigenvalue weighted by Crippen LogP contribution is -2.29. The van der Waals surface area contributed by atoms with Crippen molar-refractivity contribution in [1.29, 1.82) is 0 Å². The zero-order valence-electron chi connectivity index (χ0n) is 11.4. The maximum atomic E-state index is 12.7. The second kappa shape index (κ2) is 4.42. The molecule has 108 valence electrons. The van der Waals surface area contributed by atoms with Gasteiger partial charge in [0.25, 0.3) is 15.9 Å². The van der Waals surface area contributed by atoms with Crippen molar-refractivity contribution in [3.8, 4) is 0 Å². The molecule has 0 bridgehead atoms. The van der Waals surface area contributed by atoms with E-state index in [1.54, 1.807) is 30.3 Å². The van der Waals surface area contributed by atoms with Gasteiger partial charge in [-0.05, 0) is 23.6 Å². The molecule has 0 atom stereocenters. The number of carbonyl (C=O) groups is 1. The zero-order valence-corrected chi connectivity index (χ0v) is 12.2. The Labute approximate surface area is 127 Å². The maximum absolute atomic E-state index is 12.7. The summed E-state index contributed by atoms with van der Waals surface area (Å²) in [5.74, 6) is -0.507. The molecule has 3 aromatic carbocycles. The van der Waals surface area contributed by atoms with E-state index in [-0.39, 0.29) is 10.5 Å². The van der Waals surface area contributed by atoms with Crippen molar-refractivity contribution in [1.82, 2.24) is 0 Å². The molecule has 22 heavy (non-hydrogen) atoms. The first kappa shape index (κ1) is 13.0. The first-order valence-electron chi connectivity index (χ1n) is 6.77. The average Bonchev–Trinajstić information content (AvgIpc) is 2.74. The number of nitrogens with zero attached hydrogens (tertiary/aromatic N) is 1. The van der Waals surface area contributed by atoms with Crippen molar-refractivity contribution in [3.05, 3.63) is 72.3 Å². The van der Waals surface area contributed by atoms with E-state index in [9.17, 15) is 13.2 Å². The molecular weight excluding hydrogens is 298 g/mol. The van der Waals surface area contributed by atoms with Crippen molar-refractivity contribution < 1.29 is 13.2 Å². The van der Waals surface area contributed by atoms with Crippen LogP contribution in [0, 0.1) is 0 Å². The van der Waals surface area contributed by atoms with Gasteiger partial charge >= 0.3 is 0 Å². The van der Waals surface area contributed by atoms with E-state index in [0.717, 1.165) is 15.1 Å². The number of rotatable bonds is 1. The normalized spacial score (nSPS) is 16.0. The van der Waals surface area contributed by atoms with E-state index in [0.29, 0.717) is 5.69 Å². The molecule has 0 saturated heterocycles. The number of hydrogen-bond acceptors (Lipinski definition) is 3. The highest BCUT2D eigenvalue weighted by molar-refractivity contribution is 7.94. The Hall–Kier alpha value is -2.66. The molecule has 5 heteroatoms. The van der Waals surface area contributed by atoms with E-state index in [4.69, 9.17) is 0 Å². The van der Waals surface area contributed by atoms with Crippen LogP contribution in [0.4, 0.5) is 5.69 Å². The minimum atomic E-state index is -3.86. The number of anilines is 1. The third-order valence-electron chi connectivity index (χ3n) is 3.81.